The second kappa shape index (κ2) is 7.93. The summed E-state index contributed by atoms with van der Waals surface area (Å²) < 4.78 is 5.07. The molecule has 1 aliphatic heterocycles. The summed E-state index contributed by atoms with van der Waals surface area (Å²) in [5, 5.41) is 3.89. The van der Waals surface area contributed by atoms with Crippen molar-refractivity contribution in [1.29, 1.82) is 0 Å². The number of hydrogen-bond acceptors (Lipinski definition) is 5. The lowest BCUT2D eigenvalue weighted by atomic mass is 10.1. The van der Waals surface area contributed by atoms with Crippen molar-refractivity contribution in [2.24, 2.45) is 0 Å². The maximum atomic E-state index is 12.3. The Labute approximate surface area is 151 Å². The van der Waals surface area contributed by atoms with Gasteiger partial charge in [0.2, 0.25) is 11.8 Å². The van der Waals surface area contributed by atoms with Crippen molar-refractivity contribution in [3.63, 3.8) is 0 Å². The molecular weight excluding hydrogens is 344 g/mol. The summed E-state index contributed by atoms with van der Waals surface area (Å²) in [7, 11) is 4.56. The van der Waals surface area contributed by atoms with Crippen LogP contribution >= 0.6 is 12.2 Å². The fourth-order valence-corrected chi connectivity index (χ4v) is 2.67. The minimum absolute atomic E-state index is 0.0946. The molecule has 25 heavy (non-hydrogen) atoms. The number of carbonyl (C=O) groups excluding carboxylic acids is 3. The van der Waals surface area contributed by atoms with Gasteiger partial charge in [-0.1, -0.05) is 12.1 Å². The normalized spacial score (nSPS) is 16.8. The maximum Gasteiger partial charge on any atom is 0.253 e. The molecule has 2 rings (SSSR count). The van der Waals surface area contributed by atoms with E-state index in [9.17, 15) is 14.4 Å². The van der Waals surface area contributed by atoms with Crippen LogP contribution in [0.15, 0.2) is 24.3 Å². The molecular formula is C16H20N4O4S. The van der Waals surface area contributed by atoms with Crippen LogP contribution in [0.5, 0.6) is 5.75 Å². The van der Waals surface area contributed by atoms with Gasteiger partial charge in [0.25, 0.3) is 5.91 Å². The molecule has 0 saturated carbocycles. The number of methoxy groups -OCH3 is 1. The molecule has 8 nitrogen and oxygen atoms in total. The Morgan fingerprint density at radius 2 is 1.88 bits per heavy atom. The summed E-state index contributed by atoms with van der Waals surface area (Å²) >= 11 is 5.19. The van der Waals surface area contributed by atoms with Crippen molar-refractivity contribution in [3.05, 3.63) is 29.8 Å². The van der Waals surface area contributed by atoms with Crippen molar-refractivity contribution in [2.75, 3.05) is 21.2 Å². The molecule has 0 spiro atoms. The average Bonchev–Trinajstić information content (AvgIpc) is 2.80. The molecule has 2 N–H and O–H groups in total. The first kappa shape index (κ1) is 18.7. The molecule has 3 amide bonds. The number of rotatable bonds is 6. The van der Waals surface area contributed by atoms with E-state index in [1.165, 1.54) is 24.0 Å². The number of hydrogen-bond donors (Lipinski definition) is 2. The van der Waals surface area contributed by atoms with E-state index in [4.69, 9.17) is 17.0 Å². The van der Waals surface area contributed by atoms with Crippen molar-refractivity contribution < 1.29 is 19.1 Å². The summed E-state index contributed by atoms with van der Waals surface area (Å²) in [6.45, 7) is 0. The number of likely N-dealkylation sites (N-methyl/N-ethyl adjacent to an activating group) is 1. The topological polar surface area (TPSA) is 91.0 Å². The van der Waals surface area contributed by atoms with Crippen molar-refractivity contribution in [2.45, 2.75) is 18.9 Å². The molecule has 0 aromatic heterocycles. The monoisotopic (exact) mass is 364 g/mol. The summed E-state index contributed by atoms with van der Waals surface area (Å²) in [4.78, 5) is 37.4. The number of carbonyl (C=O) groups is 3. The molecule has 1 saturated heterocycles. The summed E-state index contributed by atoms with van der Waals surface area (Å²) in [6, 6.07) is 6.22. The van der Waals surface area contributed by atoms with Gasteiger partial charge in [0.1, 0.15) is 11.8 Å². The predicted molar refractivity (Wildman–Crippen MR) is 94.5 cm³/mol. The molecule has 1 atom stereocenters. The lowest BCUT2D eigenvalue weighted by Gasteiger charge is -2.23. The number of amides is 3. The van der Waals surface area contributed by atoms with Crippen LogP contribution in [0.4, 0.5) is 0 Å². The third-order valence-corrected chi connectivity index (χ3v) is 4.32. The molecule has 1 unspecified atom stereocenters. The lowest BCUT2D eigenvalue weighted by Crippen LogP contribution is -2.50. The quantitative estimate of drug-likeness (QED) is 0.682. The van der Waals surface area contributed by atoms with Gasteiger partial charge in [-0.05, 0) is 29.9 Å². The van der Waals surface area contributed by atoms with Crippen LogP contribution in [0.25, 0.3) is 0 Å². The third-order valence-electron chi connectivity index (χ3n) is 3.85. The molecule has 1 aliphatic rings. The Kier molecular flexibility index (Phi) is 5.92. The number of nitrogens with one attached hydrogen (secondary N) is 2. The van der Waals surface area contributed by atoms with Crippen LogP contribution in [0, 0.1) is 0 Å². The van der Waals surface area contributed by atoms with E-state index in [-0.39, 0.29) is 35.7 Å². The third kappa shape index (κ3) is 4.24. The Morgan fingerprint density at radius 3 is 2.44 bits per heavy atom. The molecule has 0 bridgehead atoms. The fourth-order valence-electron chi connectivity index (χ4n) is 2.41. The summed E-state index contributed by atoms with van der Waals surface area (Å²) in [5.41, 5.74) is 3.41. The number of thiocarbonyl (C=S) groups is 1. The van der Waals surface area contributed by atoms with Gasteiger partial charge < -0.3 is 10.1 Å². The van der Waals surface area contributed by atoms with Crippen LogP contribution in [0.1, 0.15) is 12.0 Å². The lowest BCUT2D eigenvalue weighted by molar-refractivity contribution is -0.133. The molecule has 1 aromatic rings. The van der Waals surface area contributed by atoms with Gasteiger partial charge in [0.15, 0.2) is 5.11 Å². The van der Waals surface area contributed by atoms with Crippen molar-refractivity contribution in [3.8, 4) is 5.75 Å². The summed E-state index contributed by atoms with van der Waals surface area (Å²) in [5.74, 6) is -0.288. The highest BCUT2D eigenvalue weighted by Gasteiger charge is 2.42. The number of benzene rings is 1. The number of ether oxygens (including phenoxy) is 1. The van der Waals surface area contributed by atoms with E-state index < -0.39 is 6.04 Å². The van der Waals surface area contributed by atoms with Crippen LogP contribution < -0.4 is 15.5 Å². The standard InChI is InChI=1S/C16H20N4O4S/c1-17-13(21)9-12-15(23)19(2)16(25)20(12)18-14(22)8-10-4-6-11(24-3)7-5-10/h4-7,12H,8-9H2,1-3H3,(H,17,21)(H,18,22). The molecule has 1 aromatic carbocycles. The molecule has 9 heteroatoms. The summed E-state index contributed by atoms with van der Waals surface area (Å²) in [6.07, 6.45) is 0.0103. The second-order valence-electron chi connectivity index (χ2n) is 5.50. The van der Waals surface area contributed by atoms with Crippen molar-refractivity contribution in [1.82, 2.24) is 20.7 Å². The predicted octanol–water partition coefficient (Wildman–Crippen LogP) is -0.167. The van der Waals surface area contributed by atoms with E-state index in [0.717, 1.165) is 5.56 Å². The number of hydrazine groups is 1. The molecule has 1 fully saturated rings. The van der Waals surface area contributed by atoms with Gasteiger partial charge in [0.05, 0.1) is 20.0 Å². The van der Waals surface area contributed by atoms with Gasteiger partial charge in [-0.2, -0.15) is 0 Å². The highest BCUT2D eigenvalue weighted by molar-refractivity contribution is 7.80. The first-order chi connectivity index (χ1) is 11.9. The van der Waals surface area contributed by atoms with Gasteiger partial charge in [-0.25, -0.2) is 5.01 Å². The molecule has 134 valence electrons. The Hall–Kier alpha value is -2.68. The largest absolute Gasteiger partial charge is 0.497 e. The first-order valence-corrected chi connectivity index (χ1v) is 8.02. The Bertz CT molecular complexity index is 692. The smallest absolute Gasteiger partial charge is 0.253 e. The van der Waals surface area contributed by atoms with E-state index in [0.29, 0.717) is 5.75 Å². The Balaban J connectivity index is 2.06. The van der Waals surface area contributed by atoms with Crippen LogP contribution in [-0.4, -0.2) is 60.0 Å². The minimum atomic E-state index is -0.850. The van der Waals surface area contributed by atoms with Crippen molar-refractivity contribution >= 4 is 35.1 Å². The molecule has 0 aliphatic carbocycles. The van der Waals surface area contributed by atoms with Crippen LogP contribution in [0.2, 0.25) is 0 Å². The van der Waals surface area contributed by atoms with Crippen LogP contribution in [-0.2, 0) is 20.8 Å². The van der Waals surface area contributed by atoms with Crippen LogP contribution in [0.3, 0.4) is 0 Å². The highest BCUT2D eigenvalue weighted by atomic mass is 32.1. The van der Waals surface area contributed by atoms with Gasteiger partial charge in [-0.15, -0.1) is 0 Å². The average molecular weight is 364 g/mol. The number of nitrogens with zero attached hydrogens (tertiary/aromatic N) is 2. The maximum absolute atomic E-state index is 12.3. The van der Waals surface area contributed by atoms with E-state index >= 15 is 0 Å². The first-order valence-electron chi connectivity index (χ1n) is 7.61. The zero-order valence-electron chi connectivity index (χ0n) is 14.2. The molecule has 0 radical (unpaired) electrons. The van der Waals surface area contributed by atoms with Gasteiger partial charge >= 0.3 is 0 Å². The fraction of sp³-hybridized carbons (Fsp3) is 0.375. The Morgan fingerprint density at radius 1 is 1.24 bits per heavy atom. The zero-order valence-corrected chi connectivity index (χ0v) is 15.1. The van der Waals surface area contributed by atoms with Gasteiger partial charge in [-0.3, -0.25) is 24.7 Å². The van der Waals surface area contributed by atoms with E-state index in [1.807, 2.05) is 0 Å². The SMILES string of the molecule is CNC(=O)CC1C(=O)N(C)C(=S)N1NC(=O)Cc1ccc(OC)cc1. The van der Waals surface area contributed by atoms with E-state index in [1.54, 1.807) is 31.4 Å². The minimum Gasteiger partial charge on any atom is -0.497 e. The zero-order chi connectivity index (χ0) is 18.6. The highest BCUT2D eigenvalue weighted by Crippen LogP contribution is 2.17. The molecule has 1 heterocycles. The second-order valence-corrected chi connectivity index (χ2v) is 5.87. The van der Waals surface area contributed by atoms with E-state index in [2.05, 4.69) is 10.7 Å². The van der Waals surface area contributed by atoms with Gasteiger partial charge in [0, 0.05) is 14.1 Å².